The van der Waals surface area contributed by atoms with Crippen LogP contribution < -0.4 is 10.3 Å². The first-order valence-corrected chi connectivity index (χ1v) is 11.8. The average Bonchev–Trinajstić information content (AvgIpc) is 2.75. The Hall–Kier alpha value is -2.35. The summed E-state index contributed by atoms with van der Waals surface area (Å²) in [5, 5.41) is 1.64. The molecular weight excluding hydrogens is 448 g/mol. The first-order chi connectivity index (χ1) is 15.3. The Morgan fingerprint density at radius 3 is 2.69 bits per heavy atom. The Bertz CT molecular complexity index is 1180. The maximum absolute atomic E-state index is 13.2. The van der Waals surface area contributed by atoms with Gasteiger partial charge in [0.15, 0.2) is 10.9 Å². The van der Waals surface area contributed by atoms with Gasteiger partial charge in [0.1, 0.15) is 5.75 Å². The van der Waals surface area contributed by atoms with Gasteiger partial charge in [-0.3, -0.25) is 14.2 Å². The van der Waals surface area contributed by atoms with Crippen molar-refractivity contribution in [3.63, 3.8) is 0 Å². The molecule has 0 saturated carbocycles. The van der Waals surface area contributed by atoms with Crippen molar-refractivity contribution in [2.24, 2.45) is 0 Å². The molecular formula is C24H27ClN2O4S. The number of hydrogen-bond acceptors (Lipinski definition) is 6. The summed E-state index contributed by atoms with van der Waals surface area (Å²) < 4.78 is 12.8. The lowest BCUT2D eigenvalue weighted by Crippen LogP contribution is -2.24. The van der Waals surface area contributed by atoms with Crippen molar-refractivity contribution in [1.29, 1.82) is 0 Å². The van der Waals surface area contributed by atoms with E-state index in [1.807, 2.05) is 19.9 Å². The fraction of sp³-hybridized carbons (Fsp3) is 0.375. The monoisotopic (exact) mass is 474 g/mol. The number of halogens is 1. The van der Waals surface area contributed by atoms with E-state index in [1.165, 1.54) is 18.7 Å². The standard InChI is InChI=1S/C24H27ClN2O4S/c1-15(2)31-11-5-10-27-23(29)20-8-7-19(25)13-21(20)26-24(27)32-14-18-12-17(16(3)28)6-9-22(18)30-4/h6-9,12-13,15H,5,10-11,14H2,1-4H3. The molecule has 8 heteroatoms. The number of thioether (sulfide) groups is 1. The molecule has 2 aromatic carbocycles. The Morgan fingerprint density at radius 1 is 1.22 bits per heavy atom. The minimum atomic E-state index is -0.108. The SMILES string of the molecule is COc1ccc(C(C)=O)cc1CSc1nc2cc(Cl)ccc2c(=O)n1CCCOC(C)C. The fourth-order valence-electron chi connectivity index (χ4n) is 3.28. The van der Waals surface area contributed by atoms with Gasteiger partial charge in [-0.15, -0.1) is 0 Å². The van der Waals surface area contributed by atoms with Crippen LogP contribution in [-0.4, -0.2) is 35.2 Å². The normalized spacial score (nSPS) is 11.3. The van der Waals surface area contributed by atoms with Gasteiger partial charge < -0.3 is 9.47 Å². The number of nitrogens with zero attached hydrogens (tertiary/aromatic N) is 2. The van der Waals surface area contributed by atoms with E-state index in [9.17, 15) is 9.59 Å². The van der Waals surface area contributed by atoms with Crippen molar-refractivity contribution in [1.82, 2.24) is 9.55 Å². The van der Waals surface area contributed by atoms with Crippen LogP contribution in [-0.2, 0) is 17.0 Å². The van der Waals surface area contributed by atoms with Crippen LogP contribution in [0.4, 0.5) is 0 Å². The summed E-state index contributed by atoms with van der Waals surface area (Å²) in [6.07, 6.45) is 0.828. The van der Waals surface area contributed by atoms with Crippen LogP contribution in [0.2, 0.25) is 5.02 Å². The fourth-order valence-corrected chi connectivity index (χ4v) is 4.45. The topological polar surface area (TPSA) is 70.4 Å². The molecule has 0 aliphatic heterocycles. The lowest BCUT2D eigenvalue weighted by Gasteiger charge is -2.15. The molecule has 0 saturated heterocycles. The van der Waals surface area contributed by atoms with E-state index in [0.717, 1.165) is 5.56 Å². The summed E-state index contributed by atoms with van der Waals surface area (Å²) in [5.74, 6) is 1.16. The van der Waals surface area contributed by atoms with Gasteiger partial charge in [0.25, 0.3) is 5.56 Å². The van der Waals surface area contributed by atoms with E-state index in [2.05, 4.69) is 0 Å². The lowest BCUT2D eigenvalue weighted by atomic mass is 10.1. The van der Waals surface area contributed by atoms with Crippen molar-refractivity contribution in [3.8, 4) is 5.75 Å². The Kier molecular flexibility index (Phi) is 8.34. The Balaban J connectivity index is 1.95. The smallest absolute Gasteiger partial charge is 0.262 e. The number of Topliss-reactive ketones (excluding diaryl/α,β-unsaturated/α-hetero) is 1. The van der Waals surface area contributed by atoms with Gasteiger partial charge in [-0.2, -0.15) is 0 Å². The van der Waals surface area contributed by atoms with Gasteiger partial charge in [-0.1, -0.05) is 23.4 Å². The quantitative estimate of drug-likeness (QED) is 0.170. The second-order valence-corrected chi connectivity index (χ2v) is 9.04. The van der Waals surface area contributed by atoms with E-state index < -0.39 is 0 Å². The molecule has 0 spiro atoms. The first kappa shape index (κ1) is 24.3. The first-order valence-electron chi connectivity index (χ1n) is 10.4. The van der Waals surface area contributed by atoms with Gasteiger partial charge in [-0.25, -0.2) is 4.98 Å². The molecule has 0 fully saturated rings. The number of ether oxygens (including phenoxy) is 2. The van der Waals surface area contributed by atoms with E-state index in [1.54, 1.807) is 42.0 Å². The van der Waals surface area contributed by atoms with Crippen LogP contribution in [0.3, 0.4) is 0 Å². The van der Waals surface area contributed by atoms with E-state index >= 15 is 0 Å². The molecule has 0 N–H and O–H groups in total. The van der Waals surface area contributed by atoms with Crippen LogP contribution in [0.25, 0.3) is 10.9 Å². The maximum Gasteiger partial charge on any atom is 0.262 e. The molecule has 3 aromatic rings. The predicted molar refractivity (Wildman–Crippen MR) is 129 cm³/mol. The third-order valence-corrected chi connectivity index (χ3v) is 6.16. The maximum atomic E-state index is 13.2. The number of hydrogen-bond donors (Lipinski definition) is 0. The van der Waals surface area contributed by atoms with Crippen molar-refractivity contribution in [2.75, 3.05) is 13.7 Å². The van der Waals surface area contributed by atoms with E-state index in [4.69, 9.17) is 26.1 Å². The number of benzene rings is 2. The highest BCUT2D eigenvalue weighted by Gasteiger charge is 2.14. The van der Waals surface area contributed by atoms with Crippen LogP contribution >= 0.6 is 23.4 Å². The van der Waals surface area contributed by atoms with Crippen LogP contribution in [0.5, 0.6) is 5.75 Å². The van der Waals surface area contributed by atoms with Crippen molar-refractivity contribution < 1.29 is 14.3 Å². The summed E-state index contributed by atoms with van der Waals surface area (Å²) in [7, 11) is 1.60. The van der Waals surface area contributed by atoms with Crippen molar-refractivity contribution in [3.05, 3.63) is 62.9 Å². The molecule has 1 aromatic heterocycles. The molecule has 6 nitrogen and oxygen atoms in total. The second-order valence-electron chi connectivity index (χ2n) is 7.66. The molecule has 32 heavy (non-hydrogen) atoms. The molecule has 1 heterocycles. The number of carbonyl (C=O) groups is 1. The number of ketones is 1. The zero-order chi connectivity index (χ0) is 23.3. The Labute approximate surface area is 196 Å². The third-order valence-electron chi connectivity index (χ3n) is 4.90. The molecule has 0 bridgehead atoms. The van der Waals surface area contributed by atoms with Crippen LogP contribution in [0.15, 0.2) is 46.3 Å². The number of fused-ring (bicyclic) bond motifs is 1. The number of aromatic nitrogens is 2. The third kappa shape index (κ3) is 5.91. The van der Waals surface area contributed by atoms with Gasteiger partial charge in [0, 0.05) is 35.1 Å². The molecule has 0 amide bonds. The highest BCUT2D eigenvalue weighted by atomic mass is 35.5. The van der Waals surface area contributed by atoms with Gasteiger partial charge in [0.05, 0.1) is 24.1 Å². The van der Waals surface area contributed by atoms with Crippen LogP contribution in [0.1, 0.15) is 43.1 Å². The molecule has 0 atom stereocenters. The van der Waals surface area contributed by atoms with E-state index in [0.29, 0.717) is 57.7 Å². The number of methoxy groups -OCH3 is 1. The largest absolute Gasteiger partial charge is 0.496 e. The molecule has 0 aliphatic carbocycles. The zero-order valence-electron chi connectivity index (χ0n) is 18.7. The van der Waals surface area contributed by atoms with Gasteiger partial charge in [-0.05, 0) is 63.6 Å². The number of carbonyl (C=O) groups excluding carboxylic acids is 1. The summed E-state index contributed by atoms with van der Waals surface area (Å²) in [5.41, 5.74) is 1.93. The van der Waals surface area contributed by atoms with Gasteiger partial charge in [0.2, 0.25) is 0 Å². The minimum absolute atomic E-state index is 0.0144. The summed E-state index contributed by atoms with van der Waals surface area (Å²) in [6, 6.07) is 10.5. The minimum Gasteiger partial charge on any atom is -0.496 e. The number of rotatable bonds is 10. The molecule has 170 valence electrons. The second kappa shape index (κ2) is 11.0. The average molecular weight is 475 g/mol. The summed E-state index contributed by atoms with van der Waals surface area (Å²) in [6.45, 7) is 6.55. The van der Waals surface area contributed by atoms with Crippen LogP contribution in [0, 0.1) is 0 Å². The summed E-state index contributed by atoms with van der Waals surface area (Å²) in [4.78, 5) is 29.8. The van der Waals surface area contributed by atoms with E-state index in [-0.39, 0.29) is 17.4 Å². The zero-order valence-corrected chi connectivity index (χ0v) is 20.3. The lowest BCUT2D eigenvalue weighted by molar-refractivity contribution is 0.0743. The Morgan fingerprint density at radius 2 is 2.00 bits per heavy atom. The molecule has 0 unspecified atom stereocenters. The predicted octanol–water partition coefficient (Wildman–Crippen LogP) is 5.37. The summed E-state index contributed by atoms with van der Waals surface area (Å²) >= 11 is 7.56. The highest BCUT2D eigenvalue weighted by molar-refractivity contribution is 7.98. The molecule has 0 aliphatic rings. The van der Waals surface area contributed by atoms with Crippen molar-refractivity contribution in [2.45, 2.75) is 50.8 Å². The highest BCUT2D eigenvalue weighted by Crippen LogP contribution is 2.29. The van der Waals surface area contributed by atoms with Crippen molar-refractivity contribution >= 4 is 40.0 Å². The molecule has 3 rings (SSSR count). The molecule has 0 radical (unpaired) electrons. The van der Waals surface area contributed by atoms with Gasteiger partial charge >= 0.3 is 0 Å².